The Morgan fingerprint density at radius 2 is 1.27 bits per heavy atom. The van der Waals surface area contributed by atoms with E-state index >= 15 is 0 Å². The van der Waals surface area contributed by atoms with Crippen molar-refractivity contribution in [1.29, 1.82) is 0 Å². The molecule has 0 heteroatoms. The topological polar surface area (TPSA) is 0 Å². The summed E-state index contributed by atoms with van der Waals surface area (Å²) in [5, 5.41) is 0. The molecule has 0 spiro atoms. The standard InChI is InChI=1S/C22H16/c1-3-7-17(8-4-1)15-22(19-9-5-2-6-10-19)21-14-12-18-11-13-20(18)16-21/h1-16H. The molecule has 0 atom stereocenters. The normalized spacial score (nSPS) is 12.6. The van der Waals surface area contributed by atoms with Gasteiger partial charge in [-0.2, -0.15) is 0 Å². The molecule has 0 N–H and O–H groups in total. The van der Waals surface area contributed by atoms with E-state index in [2.05, 4.69) is 97.1 Å². The number of hydrogen-bond acceptors (Lipinski definition) is 0. The summed E-state index contributed by atoms with van der Waals surface area (Å²) in [6.07, 6.45) is 6.59. The van der Waals surface area contributed by atoms with E-state index in [0.717, 1.165) is 0 Å². The molecule has 0 nitrogen and oxygen atoms in total. The van der Waals surface area contributed by atoms with Crippen LogP contribution in [0.3, 0.4) is 0 Å². The summed E-state index contributed by atoms with van der Waals surface area (Å²) in [6, 6.07) is 27.8. The first-order valence-electron chi connectivity index (χ1n) is 7.55. The van der Waals surface area contributed by atoms with Gasteiger partial charge in [-0.25, -0.2) is 0 Å². The summed E-state index contributed by atoms with van der Waals surface area (Å²) >= 11 is 0. The van der Waals surface area contributed by atoms with Crippen LogP contribution in [0.1, 0.15) is 27.8 Å². The second kappa shape index (κ2) is 5.50. The van der Waals surface area contributed by atoms with Crippen LogP contribution in [0.5, 0.6) is 0 Å². The fourth-order valence-electron chi connectivity index (χ4n) is 2.79. The molecule has 104 valence electrons. The summed E-state index contributed by atoms with van der Waals surface area (Å²) in [7, 11) is 0. The van der Waals surface area contributed by atoms with Crippen LogP contribution in [-0.4, -0.2) is 0 Å². The van der Waals surface area contributed by atoms with E-state index < -0.39 is 0 Å². The molecule has 0 saturated heterocycles. The van der Waals surface area contributed by atoms with Crippen LogP contribution in [0.15, 0.2) is 78.9 Å². The fraction of sp³-hybridized carbons (Fsp3) is 0. The lowest BCUT2D eigenvalue weighted by molar-refractivity contribution is 1.50. The highest BCUT2D eigenvalue weighted by atomic mass is 14.1. The first kappa shape index (κ1) is 12.8. The van der Waals surface area contributed by atoms with Crippen molar-refractivity contribution in [1.82, 2.24) is 0 Å². The Morgan fingerprint density at radius 1 is 0.591 bits per heavy atom. The third kappa shape index (κ3) is 2.40. The summed E-state index contributed by atoms with van der Waals surface area (Å²) in [4.78, 5) is 0. The molecule has 0 unspecified atom stereocenters. The van der Waals surface area contributed by atoms with E-state index in [1.54, 1.807) is 0 Å². The molecule has 0 heterocycles. The van der Waals surface area contributed by atoms with Gasteiger partial charge in [0.2, 0.25) is 0 Å². The van der Waals surface area contributed by atoms with Crippen LogP contribution >= 0.6 is 0 Å². The number of benzene rings is 3. The zero-order valence-electron chi connectivity index (χ0n) is 12.2. The molecule has 3 aromatic rings. The predicted molar refractivity (Wildman–Crippen MR) is 95.2 cm³/mol. The lowest BCUT2D eigenvalue weighted by Gasteiger charge is -2.15. The lowest BCUT2D eigenvalue weighted by Crippen LogP contribution is -1.94. The van der Waals surface area contributed by atoms with Crippen molar-refractivity contribution in [3.8, 4) is 0 Å². The molecule has 0 radical (unpaired) electrons. The minimum absolute atomic E-state index is 1.22. The number of rotatable bonds is 3. The molecular formula is C22H16. The largest absolute Gasteiger partial charge is 0.0622 e. The van der Waals surface area contributed by atoms with Crippen LogP contribution in [0.25, 0.3) is 23.8 Å². The third-order valence-electron chi connectivity index (χ3n) is 4.04. The van der Waals surface area contributed by atoms with Gasteiger partial charge in [0, 0.05) is 0 Å². The van der Waals surface area contributed by atoms with Gasteiger partial charge in [-0.1, -0.05) is 84.9 Å². The predicted octanol–water partition coefficient (Wildman–Crippen LogP) is 5.76. The quantitative estimate of drug-likeness (QED) is 0.418. The van der Waals surface area contributed by atoms with E-state index in [1.165, 1.54) is 33.4 Å². The van der Waals surface area contributed by atoms with Gasteiger partial charge in [-0.3, -0.25) is 0 Å². The lowest BCUT2D eigenvalue weighted by atomic mass is 9.90. The maximum Gasteiger partial charge on any atom is -0.0105 e. The molecule has 1 aliphatic carbocycles. The van der Waals surface area contributed by atoms with Crippen LogP contribution < -0.4 is 0 Å². The molecular weight excluding hydrogens is 264 g/mol. The average molecular weight is 280 g/mol. The Bertz CT molecular complexity index is 853. The molecule has 3 aromatic carbocycles. The van der Waals surface area contributed by atoms with Crippen molar-refractivity contribution >= 4 is 23.8 Å². The van der Waals surface area contributed by atoms with Crippen LogP contribution in [0.4, 0.5) is 0 Å². The summed E-state index contributed by atoms with van der Waals surface area (Å²) in [5.74, 6) is 0. The Kier molecular flexibility index (Phi) is 3.21. The molecule has 0 bridgehead atoms. The van der Waals surface area contributed by atoms with Crippen molar-refractivity contribution in [2.24, 2.45) is 0 Å². The monoisotopic (exact) mass is 280 g/mol. The maximum absolute atomic E-state index is 2.27. The van der Waals surface area contributed by atoms with Gasteiger partial charge in [0.15, 0.2) is 0 Å². The van der Waals surface area contributed by atoms with Gasteiger partial charge in [0.25, 0.3) is 0 Å². The summed E-state index contributed by atoms with van der Waals surface area (Å²) in [6.45, 7) is 0. The van der Waals surface area contributed by atoms with E-state index in [4.69, 9.17) is 0 Å². The SMILES string of the molecule is C1=Cc2cc(C(=Cc3ccccc3)c3ccccc3)ccc21. The minimum Gasteiger partial charge on any atom is -0.0622 e. The smallest absolute Gasteiger partial charge is 0.0105 e. The number of hydrogen-bond donors (Lipinski definition) is 0. The molecule has 0 saturated carbocycles. The van der Waals surface area contributed by atoms with Crippen LogP contribution in [-0.2, 0) is 0 Å². The highest BCUT2D eigenvalue weighted by Crippen LogP contribution is 2.31. The highest BCUT2D eigenvalue weighted by molar-refractivity contribution is 5.94. The molecule has 0 amide bonds. The van der Waals surface area contributed by atoms with Gasteiger partial charge in [-0.15, -0.1) is 0 Å². The Balaban J connectivity index is 1.85. The third-order valence-corrected chi connectivity index (χ3v) is 4.04. The van der Waals surface area contributed by atoms with E-state index in [0.29, 0.717) is 0 Å². The van der Waals surface area contributed by atoms with Gasteiger partial charge in [-0.05, 0) is 45.5 Å². The molecule has 0 fully saturated rings. The molecule has 4 rings (SSSR count). The molecule has 0 aliphatic heterocycles. The zero-order valence-corrected chi connectivity index (χ0v) is 12.2. The molecule has 1 aliphatic rings. The first-order chi connectivity index (χ1) is 10.9. The van der Waals surface area contributed by atoms with Gasteiger partial charge < -0.3 is 0 Å². The van der Waals surface area contributed by atoms with Crippen LogP contribution in [0, 0.1) is 0 Å². The maximum atomic E-state index is 2.27. The van der Waals surface area contributed by atoms with Crippen LogP contribution in [0.2, 0.25) is 0 Å². The Hall–Kier alpha value is -2.86. The van der Waals surface area contributed by atoms with Gasteiger partial charge in [0.05, 0.1) is 0 Å². The molecule has 22 heavy (non-hydrogen) atoms. The number of fused-ring (bicyclic) bond motifs is 1. The second-order valence-electron chi connectivity index (χ2n) is 5.51. The average Bonchev–Trinajstić information content (AvgIpc) is 2.56. The Morgan fingerprint density at radius 3 is 1.91 bits per heavy atom. The summed E-state index contributed by atoms with van der Waals surface area (Å²) < 4.78 is 0. The van der Waals surface area contributed by atoms with Crippen molar-refractivity contribution in [2.45, 2.75) is 0 Å². The van der Waals surface area contributed by atoms with Crippen molar-refractivity contribution < 1.29 is 0 Å². The first-order valence-corrected chi connectivity index (χ1v) is 7.55. The molecule has 0 aromatic heterocycles. The second-order valence-corrected chi connectivity index (χ2v) is 5.51. The van der Waals surface area contributed by atoms with Gasteiger partial charge in [0.1, 0.15) is 0 Å². The van der Waals surface area contributed by atoms with Crippen molar-refractivity contribution in [3.63, 3.8) is 0 Å². The Labute approximate surface area is 131 Å². The van der Waals surface area contributed by atoms with Gasteiger partial charge >= 0.3 is 0 Å². The van der Waals surface area contributed by atoms with E-state index in [9.17, 15) is 0 Å². The minimum atomic E-state index is 1.22. The highest BCUT2D eigenvalue weighted by Gasteiger charge is 2.10. The van der Waals surface area contributed by atoms with E-state index in [1.807, 2.05) is 0 Å². The summed E-state index contributed by atoms with van der Waals surface area (Å²) in [5.41, 5.74) is 7.64. The van der Waals surface area contributed by atoms with E-state index in [-0.39, 0.29) is 0 Å². The van der Waals surface area contributed by atoms with Crippen molar-refractivity contribution in [3.05, 3.63) is 107 Å². The fourth-order valence-corrected chi connectivity index (χ4v) is 2.79. The van der Waals surface area contributed by atoms with Crippen molar-refractivity contribution in [2.75, 3.05) is 0 Å². The zero-order chi connectivity index (χ0) is 14.8.